The number of aromatic nitrogens is 4. The zero-order valence-electron chi connectivity index (χ0n) is 20.2. The highest BCUT2D eigenvalue weighted by Gasteiger charge is 2.23. The molecule has 2 aromatic carbocycles. The molecule has 0 atom stereocenters. The lowest BCUT2D eigenvalue weighted by molar-refractivity contribution is 0.498. The minimum atomic E-state index is -0.359. The van der Waals surface area contributed by atoms with E-state index in [2.05, 4.69) is 25.1 Å². The molecule has 176 valence electrons. The summed E-state index contributed by atoms with van der Waals surface area (Å²) in [6.45, 7) is 7.09. The van der Waals surface area contributed by atoms with E-state index in [-0.39, 0.29) is 17.2 Å². The number of fused-ring (bicyclic) bond motifs is 1. The van der Waals surface area contributed by atoms with E-state index in [9.17, 15) is 9.59 Å². The quantitative estimate of drug-likeness (QED) is 0.419. The van der Waals surface area contributed by atoms with Crippen LogP contribution in [0.2, 0.25) is 0 Å². The first-order valence-electron chi connectivity index (χ1n) is 11.6. The summed E-state index contributed by atoms with van der Waals surface area (Å²) < 4.78 is 4.62. The number of anilines is 1. The zero-order chi connectivity index (χ0) is 24.4. The number of hydrogen-bond acceptors (Lipinski definition) is 4. The average Bonchev–Trinajstić information content (AvgIpc) is 3.19. The van der Waals surface area contributed by atoms with Crippen LogP contribution in [0.4, 0.5) is 5.69 Å². The minimum absolute atomic E-state index is 0.208. The lowest BCUT2D eigenvalue weighted by Crippen LogP contribution is -2.38. The van der Waals surface area contributed by atoms with Gasteiger partial charge in [-0.2, -0.15) is 5.10 Å². The van der Waals surface area contributed by atoms with Crippen LogP contribution in [0.1, 0.15) is 32.8 Å². The lowest BCUT2D eigenvalue weighted by atomic mass is 10.0. The maximum Gasteiger partial charge on any atom is 0.332 e. The highest BCUT2D eigenvalue weighted by atomic mass is 16.2. The van der Waals surface area contributed by atoms with E-state index in [0.29, 0.717) is 35.5 Å². The molecule has 0 saturated carbocycles. The predicted octanol–water partition coefficient (Wildman–Crippen LogP) is 4.30. The lowest BCUT2D eigenvalue weighted by Gasteiger charge is -2.12. The van der Waals surface area contributed by atoms with Gasteiger partial charge in [0, 0.05) is 24.8 Å². The number of nitrogens with two attached hydrogens (primary N) is 1. The molecule has 0 saturated heterocycles. The standard InChI is InChI=1S/C27H31N5O2/c1-5-10-21(19-11-7-6-8-12-19)17-32-24(20-13-9-14-22(28)15-20)23-25(29-32)31(16-18(2)3)27(34)30(4)26(23)33/h6-15,18H,5,16-17,28H2,1-4H3/b21-10+. The van der Waals surface area contributed by atoms with E-state index >= 15 is 0 Å². The fourth-order valence-corrected chi connectivity index (χ4v) is 4.32. The molecule has 0 fully saturated rings. The van der Waals surface area contributed by atoms with Gasteiger partial charge in [-0.1, -0.05) is 69.3 Å². The van der Waals surface area contributed by atoms with Crippen molar-refractivity contribution in [1.82, 2.24) is 18.9 Å². The molecule has 0 aliphatic heterocycles. The van der Waals surface area contributed by atoms with Crippen molar-refractivity contribution in [2.75, 3.05) is 5.73 Å². The largest absolute Gasteiger partial charge is 0.399 e. The van der Waals surface area contributed by atoms with Gasteiger partial charge in [-0.3, -0.25) is 18.6 Å². The first-order valence-corrected chi connectivity index (χ1v) is 11.6. The summed E-state index contributed by atoms with van der Waals surface area (Å²) in [5, 5.41) is 5.29. The second-order valence-electron chi connectivity index (χ2n) is 8.99. The third kappa shape index (κ3) is 4.33. The van der Waals surface area contributed by atoms with Crippen molar-refractivity contribution in [3.8, 4) is 11.3 Å². The van der Waals surface area contributed by atoms with Gasteiger partial charge in [0.25, 0.3) is 5.56 Å². The summed E-state index contributed by atoms with van der Waals surface area (Å²) in [4.78, 5) is 26.5. The SMILES string of the molecule is CC/C=C(\Cn1nc2c(c1-c1cccc(N)c1)c(=O)n(C)c(=O)n2CC(C)C)c1ccccc1. The number of nitrogen functional groups attached to an aromatic ring is 1. The summed E-state index contributed by atoms with van der Waals surface area (Å²) in [5.74, 6) is 0.208. The maximum absolute atomic E-state index is 13.4. The van der Waals surface area contributed by atoms with Gasteiger partial charge in [0.05, 0.1) is 12.2 Å². The molecule has 2 heterocycles. The van der Waals surface area contributed by atoms with Crippen LogP contribution < -0.4 is 17.0 Å². The Kier molecular flexibility index (Phi) is 6.54. The molecule has 7 nitrogen and oxygen atoms in total. The summed E-state index contributed by atoms with van der Waals surface area (Å²) in [6, 6.07) is 17.6. The van der Waals surface area contributed by atoms with E-state index in [1.54, 1.807) is 4.57 Å². The Morgan fingerprint density at radius 2 is 1.82 bits per heavy atom. The molecule has 0 amide bonds. The van der Waals surface area contributed by atoms with Crippen LogP contribution in [0.3, 0.4) is 0 Å². The highest BCUT2D eigenvalue weighted by molar-refractivity contribution is 5.91. The molecule has 4 aromatic rings. The van der Waals surface area contributed by atoms with Crippen LogP contribution in [0.15, 0.2) is 70.3 Å². The summed E-state index contributed by atoms with van der Waals surface area (Å²) in [7, 11) is 1.52. The van der Waals surface area contributed by atoms with Gasteiger partial charge in [-0.05, 0) is 35.6 Å². The number of hydrogen-bond donors (Lipinski definition) is 1. The molecular weight excluding hydrogens is 426 g/mol. The van der Waals surface area contributed by atoms with Crippen molar-refractivity contribution >= 4 is 22.3 Å². The third-order valence-corrected chi connectivity index (χ3v) is 5.85. The second kappa shape index (κ2) is 9.55. The summed E-state index contributed by atoms with van der Waals surface area (Å²) >= 11 is 0. The number of benzene rings is 2. The van der Waals surface area contributed by atoms with Gasteiger partial charge in [0.15, 0.2) is 5.65 Å². The molecule has 4 rings (SSSR count). The van der Waals surface area contributed by atoms with Gasteiger partial charge >= 0.3 is 5.69 Å². The first kappa shape index (κ1) is 23.3. The van der Waals surface area contributed by atoms with Gasteiger partial charge < -0.3 is 5.73 Å². The van der Waals surface area contributed by atoms with Gasteiger partial charge in [0.1, 0.15) is 5.39 Å². The molecule has 0 aliphatic carbocycles. The van der Waals surface area contributed by atoms with Crippen molar-refractivity contribution in [2.24, 2.45) is 13.0 Å². The Hall–Kier alpha value is -3.87. The molecule has 0 radical (unpaired) electrons. The van der Waals surface area contributed by atoms with Crippen molar-refractivity contribution in [1.29, 1.82) is 0 Å². The van der Waals surface area contributed by atoms with E-state index in [0.717, 1.165) is 23.1 Å². The smallest absolute Gasteiger partial charge is 0.332 e. The third-order valence-electron chi connectivity index (χ3n) is 5.85. The van der Waals surface area contributed by atoms with Crippen LogP contribution >= 0.6 is 0 Å². The normalized spacial score (nSPS) is 12.1. The van der Waals surface area contributed by atoms with Crippen molar-refractivity contribution in [3.05, 3.63) is 87.1 Å². The molecule has 2 N–H and O–H groups in total. The highest BCUT2D eigenvalue weighted by Crippen LogP contribution is 2.30. The monoisotopic (exact) mass is 457 g/mol. The zero-order valence-corrected chi connectivity index (χ0v) is 20.2. The van der Waals surface area contributed by atoms with Gasteiger partial charge in [0.2, 0.25) is 0 Å². The Bertz CT molecular complexity index is 1470. The Morgan fingerprint density at radius 3 is 2.47 bits per heavy atom. The van der Waals surface area contributed by atoms with Crippen LogP contribution in [-0.2, 0) is 20.1 Å². The first-order chi connectivity index (χ1) is 16.3. The summed E-state index contributed by atoms with van der Waals surface area (Å²) in [5.41, 5.74) is 10.0. The fourth-order valence-electron chi connectivity index (χ4n) is 4.32. The minimum Gasteiger partial charge on any atom is -0.399 e. The predicted molar refractivity (Wildman–Crippen MR) is 139 cm³/mol. The molecule has 34 heavy (non-hydrogen) atoms. The molecule has 0 bridgehead atoms. The van der Waals surface area contributed by atoms with E-state index < -0.39 is 0 Å². The number of rotatable bonds is 7. The van der Waals surface area contributed by atoms with Crippen molar-refractivity contribution in [3.63, 3.8) is 0 Å². The van der Waals surface area contributed by atoms with E-state index in [1.165, 1.54) is 11.6 Å². The molecule has 0 aliphatic rings. The van der Waals surface area contributed by atoms with E-state index in [4.69, 9.17) is 10.8 Å². The summed E-state index contributed by atoms with van der Waals surface area (Å²) in [6.07, 6.45) is 3.03. The molecular formula is C27H31N5O2. The second-order valence-corrected chi connectivity index (χ2v) is 8.99. The molecule has 0 unspecified atom stereocenters. The Labute approximate surface area is 198 Å². The van der Waals surface area contributed by atoms with Crippen molar-refractivity contribution < 1.29 is 0 Å². The van der Waals surface area contributed by atoms with Gasteiger partial charge in [-0.25, -0.2) is 4.79 Å². The van der Waals surface area contributed by atoms with Crippen LogP contribution in [0.5, 0.6) is 0 Å². The van der Waals surface area contributed by atoms with E-state index in [1.807, 2.05) is 61.0 Å². The molecule has 2 aromatic heterocycles. The Morgan fingerprint density at radius 1 is 1.09 bits per heavy atom. The maximum atomic E-state index is 13.4. The fraction of sp³-hybridized carbons (Fsp3) is 0.296. The molecule has 7 heteroatoms. The van der Waals surface area contributed by atoms with Crippen LogP contribution in [0.25, 0.3) is 27.9 Å². The van der Waals surface area contributed by atoms with Gasteiger partial charge in [-0.15, -0.1) is 0 Å². The number of nitrogens with zero attached hydrogens (tertiary/aromatic N) is 4. The number of allylic oxidation sites excluding steroid dienone is 2. The Balaban J connectivity index is 2.05. The van der Waals surface area contributed by atoms with Crippen molar-refractivity contribution in [2.45, 2.75) is 40.3 Å². The average molecular weight is 458 g/mol. The van der Waals surface area contributed by atoms with Crippen LogP contribution in [0, 0.1) is 5.92 Å². The molecule has 0 spiro atoms. The van der Waals surface area contributed by atoms with Crippen LogP contribution in [-0.4, -0.2) is 18.9 Å². The topological polar surface area (TPSA) is 87.8 Å².